The van der Waals surface area contributed by atoms with Crippen LogP contribution in [0.3, 0.4) is 0 Å². The molecule has 1 aliphatic heterocycles. The average molecular weight is 427 g/mol. The summed E-state index contributed by atoms with van der Waals surface area (Å²) in [6.07, 6.45) is 4.76. The van der Waals surface area contributed by atoms with Crippen molar-refractivity contribution in [2.45, 2.75) is 91.1 Å². The van der Waals surface area contributed by atoms with Crippen molar-refractivity contribution < 1.29 is 24.4 Å². The molecule has 0 bridgehead atoms. The molecule has 4 N–H and O–H groups in total. The Morgan fingerprint density at radius 1 is 1.20 bits per heavy atom. The molecule has 9 heteroatoms. The molecule has 0 aliphatic carbocycles. The highest BCUT2D eigenvalue weighted by atomic mass is 16.5. The van der Waals surface area contributed by atoms with Crippen molar-refractivity contribution in [3.63, 3.8) is 0 Å². The molecule has 0 aromatic heterocycles. The summed E-state index contributed by atoms with van der Waals surface area (Å²) in [7, 11) is 0. The van der Waals surface area contributed by atoms with Gasteiger partial charge in [0.25, 0.3) is 0 Å². The van der Waals surface area contributed by atoms with Crippen molar-refractivity contribution in [2.75, 3.05) is 6.54 Å². The van der Waals surface area contributed by atoms with E-state index in [2.05, 4.69) is 10.7 Å². The van der Waals surface area contributed by atoms with Gasteiger partial charge in [-0.2, -0.15) is 0 Å². The zero-order chi connectivity index (χ0) is 22.7. The molecule has 1 fully saturated rings. The number of ketones is 1. The van der Waals surface area contributed by atoms with Crippen LogP contribution in [-0.2, 0) is 19.2 Å². The number of rotatable bonds is 12. The molecule has 3 unspecified atom stereocenters. The van der Waals surface area contributed by atoms with E-state index in [0.29, 0.717) is 32.2 Å². The maximum Gasteiger partial charge on any atom is 0.245 e. The van der Waals surface area contributed by atoms with Gasteiger partial charge in [-0.05, 0) is 38.5 Å². The summed E-state index contributed by atoms with van der Waals surface area (Å²) in [5.74, 6) is -1.84. The van der Waals surface area contributed by atoms with Gasteiger partial charge in [0.15, 0.2) is 5.78 Å². The van der Waals surface area contributed by atoms with E-state index >= 15 is 0 Å². The minimum atomic E-state index is -0.744. The lowest BCUT2D eigenvalue weighted by Crippen LogP contribution is -2.61. The van der Waals surface area contributed by atoms with Crippen molar-refractivity contribution >= 4 is 23.5 Å². The topological polar surface area (TPSA) is 128 Å². The first-order valence-electron chi connectivity index (χ1n) is 11.0. The first kappa shape index (κ1) is 26.0. The minimum absolute atomic E-state index is 0.115. The Bertz CT molecular complexity index is 596. The van der Waals surface area contributed by atoms with E-state index in [-0.39, 0.29) is 29.9 Å². The number of unbranched alkanes of at least 4 members (excludes halogenated alkanes) is 2. The number of nitrogens with one attached hydrogen (secondary N) is 3. The number of hydroxylamine groups is 1. The number of hydrogen-bond donors (Lipinski definition) is 4. The van der Waals surface area contributed by atoms with Crippen LogP contribution in [0.5, 0.6) is 0 Å². The van der Waals surface area contributed by atoms with E-state index in [1.165, 1.54) is 11.9 Å². The molecule has 3 amide bonds. The van der Waals surface area contributed by atoms with Crippen LogP contribution in [0.15, 0.2) is 0 Å². The Morgan fingerprint density at radius 2 is 1.90 bits per heavy atom. The fourth-order valence-corrected chi connectivity index (χ4v) is 3.70. The maximum atomic E-state index is 13.2. The number of hydrazine groups is 1. The number of Topliss-reactive ketones (excluding diaryl/α,β-unsaturated/α-hetero) is 1. The van der Waals surface area contributed by atoms with Crippen LogP contribution in [0.4, 0.5) is 0 Å². The average Bonchev–Trinajstić information content (AvgIpc) is 2.71. The first-order valence-corrected chi connectivity index (χ1v) is 11.0. The van der Waals surface area contributed by atoms with E-state index in [4.69, 9.17) is 5.21 Å². The van der Waals surface area contributed by atoms with Gasteiger partial charge in [0.2, 0.25) is 17.7 Å². The van der Waals surface area contributed by atoms with Crippen molar-refractivity contribution in [3.8, 4) is 0 Å². The zero-order valence-electron chi connectivity index (χ0n) is 18.7. The van der Waals surface area contributed by atoms with E-state index in [9.17, 15) is 19.2 Å². The maximum absolute atomic E-state index is 13.2. The molecule has 0 radical (unpaired) electrons. The van der Waals surface area contributed by atoms with Crippen molar-refractivity contribution in [1.82, 2.24) is 21.2 Å². The van der Waals surface area contributed by atoms with Gasteiger partial charge in [0, 0.05) is 18.9 Å². The fraction of sp³-hybridized carbons (Fsp3) is 0.810. The van der Waals surface area contributed by atoms with E-state index in [1.54, 1.807) is 5.48 Å². The summed E-state index contributed by atoms with van der Waals surface area (Å²) < 4.78 is 0. The van der Waals surface area contributed by atoms with Crippen molar-refractivity contribution in [1.29, 1.82) is 0 Å². The summed E-state index contributed by atoms with van der Waals surface area (Å²) in [4.78, 5) is 49.8. The standard InChI is InChI=1S/C21H38N4O5/c1-5-6-7-9-16(13-19(27)24-30)21(29)25-18(10-8-11-22-25)20(28)23-17(15(4)26)12-14(2)3/h14,16-18,22,30H,5-13H2,1-4H3,(H,23,28)(H,24,27). The third kappa shape index (κ3) is 8.39. The van der Waals surface area contributed by atoms with Gasteiger partial charge in [0.1, 0.15) is 6.04 Å². The molecule has 0 aromatic rings. The molecule has 30 heavy (non-hydrogen) atoms. The van der Waals surface area contributed by atoms with Gasteiger partial charge < -0.3 is 5.32 Å². The van der Waals surface area contributed by atoms with Crippen LogP contribution in [0, 0.1) is 11.8 Å². The van der Waals surface area contributed by atoms with E-state index < -0.39 is 23.9 Å². The molecule has 3 atom stereocenters. The minimum Gasteiger partial charge on any atom is -0.344 e. The molecule has 172 valence electrons. The molecule has 1 heterocycles. The summed E-state index contributed by atoms with van der Waals surface area (Å²) in [6, 6.07) is -1.33. The highest BCUT2D eigenvalue weighted by Crippen LogP contribution is 2.21. The SMILES string of the molecule is CCCCCC(CC(=O)NO)C(=O)N1NCCCC1C(=O)NC(CC(C)C)C(C)=O. The number of carbonyl (C=O) groups is 4. The Labute approximate surface area is 179 Å². The van der Waals surface area contributed by atoms with Crippen LogP contribution in [0.1, 0.15) is 79.1 Å². The Balaban J connectivity index is 2.94. The van der Waals surface area contributed by atoms with Gasteiger partial charge in [-0.15, -0.1) is 0 Å². The van der Waals surface area contributed by atoms with Crippen LogP contribution < -0.4 is 16.2 Å². The molecule has 0 spiro atoms. The van der Waals surface area contributed by atoms with Crippen molar-refractivity contribution in [3.05, 3.63) is 0 Å². The largest absolute Gasteiger partial charge is 0.344 e. The fourth-order valence-electron chi connectivity index (χ4n) is 3.70. The normalized spacial score (nSPS) is 18.6. The lowest BCUT2D eigenvalue weighted by Gasteiger charge is -2.37. The molecule has 1 saturated heterocycles. The Morgan fingerprint density at radius 3 is 2.47 bits per heavy atom. The Hall–Kier alpha value is -2.00. The number of amides is 3. The summed E-state index contributed by atoms with van der Waals surface area (Å²) >= 11 is 0. The molecule has 0 saturated carbocycles. The predicted molar refractivity (Wildman–Crippen MR) is 112 cm³/mol. The van der Waals surface area contributed by atoms with Crippen LogP contribution in [0.2, 0.25) is 0 Å². The highest BCUT2D eigenvalue weighted by Gasteiger charge is 2.37. The first-order chi connectivity index (χ1) is 14.2. The molecule has 9 nitrogen and oxygen atoms in total. The Kier molecular flexibility index (Phi) is 11.6. The molecular weight excluding hydrogens is 388 g/mol. The number of carbonyl (C=O) groups excluding carboxylic acids is 4. The molecular formula is C21H38N4O5. The number of nitrogens with zero attached hydrogens (tertiary/aromatic N) is 1. The number of hydrogen-bond acceptors (Lipinski definition) is 6. The zero-order valence-corrected chi connectivity index (χ0v) is 18.7. The van der Waals surface area contributed by atoms with Crippen LogP contribution in [-0.4, -0.2) is 52.3 Å². The monoisotopic (exact) mass is 426 g/mol. The highest BCUT2D eigenvalue weighted by molar-refractivity contribution is 5.93. The van der Waals surface area contributed by atoms with Gasteiger partial charge in [-0.3, -0.25) is 29.4 Å². The molecule has 1 aliphatic rings. The van der Waals surface area contributed by atoms with Crippen LogP contribution in [0.25, 0.3) is 0 Å². The summed E-state index contributed by atoms with van der Waals surface area (Å²) in [6.45, 7) is 8.00. The third-order valence-electron chi connectivity index (χ3n) is 5.36. The summed E-state index contributed by atoms with van der Waals surface area (Å²) in [5.41, 5.74) is 4.59. The summed E-state index contributed by atoms with van der Waals surface area (Å²) in [5, 5.41) is 13.0. The van der Waals surface area contributed by atoms with Gasteiger partial charge in [-0.25, -0.2) is 10.9 Å². The quantitative estimate of drug-likeness (QED) is 0.214. The van der Waals surface area contributed by atoms with E-state index in [1.807, 2.05) is 20.8 Å². The van der Waals surface area contributed by atoms with Crippen molar-refractivity contribution in [2.24, 2.45) is 11.8 Å². The second-order valence-corrected chi connectivity index (χ2v) is 8.51. The molecule has 0 aromatic carbocycles. The second kappa shape index (κ2) is 13.3. The lowest BCUT2D eigenvalue weighted by atomic mass is 9.94. The van der Waals surface area contributed by atoms with Gasteiger partial charge >= 0.3 is 0 Å². The van der Waals surface area contributed by atoms with E-state index in [0.717, 1.165) is 19.3 Å². The van der Waals surface area contributed by atoms with Crippen LogP contribution >= 0.6 is 0 Å². The predicted octanol–water partition coefficient (Wildman–Crippen LogP) is 1.69. The smallest absolute Gasteiger partial charge is 0.245 e. The second-order valence-electron chi connectivity index (χ2n) is 8.51. The van der Waals surface area contributed by atoms with Gasteiger partial charge in [0.05, 0.1) is 6.04 Å². The molecule has 1 rings (SSSR count). The lowest BCUT2D eigenvalue weighted by molar-refractivity contribution is -0.152. The third-order valence-corrected chi connectivity index (χ3v) is 5.36. The van der Waals surface area contributed by atoms with Gasteiger partial charge in [-0.1, -0.05) is 40.0 Å².